The third-order valence-corrected chi connectivity index (χ3v) is 2.21. The van der Waals surface area contributed by atoms with E-state index in [1.807, 2.05) is 0 Å². The summed E-state index contributed by atoms with van der Waals surface area (Å²) in [6, 6.07) is 0. The Balaban J connectivity index is 2.17. The Bertz CT molecular complexity index is 110. The Morgan fingerprint density at radius 3 is 2.18 bits per heavy atom. The van der Waals surface area contributed by atoms with Crippen molar-refractivity contribution in [3.05, 3.63) is 0 Å². The van der Waals surface area contributed by atoms with Crippen molar-refractivity contribution in [3.63, 3.8) is 0 Å². The zero-order valence-electron chi connectivity index (χ0n) is 6.73. The maximum absolute atomic E-state index is 8.34. The molecule has 0 spiro atoms. The molecule has 0 heterocycles. The molecular weight excluding hydrogens is 146 g/mol. The second kappa shape index (κ2) is 4.01. The Kier molecular flexibility index (Phi) is 3.26. The van der Waals surface area contributed by atoms with E-state index in [0.29, 0.717) is 0 Å². The van der Waals surface area contributed by atoms with E-state index in [4.69, 9.17) is 10.4 Å². The van der Waals surface area contributed by atoms with E-state index in [0.717, 1.165) is 31.6 Å². The minimum atomic E-state index is -0.180. The largest absolute Gasteiger partial charge is 0.266 e. The first kappa shape index (κ1) is 8.93. The molecule has 1 aliphatic carbocycles. The van der Waals surface area contributed by atoms with E-state index >= 15 is 0 Å². The van der Waals surface area contributed by atoms with E-state index in [-0.39, 0.29) is 11.5 Å². The lowest BCUT2D eigenvalue weighted by Gasteiger charge is -2.25. The third-order valence-electron chi connectivity index (χ3n) is 2.21. The SMILES string of the molecule is CC1CCC(ON(O)O)CC1. The van der Waals surface area contributed by atoms with Gasteiger partial charge in [-0.05, 0) is 31.6 Å². The van der Waals surface area contributed by atoms with Gasteiger partial charge in [0.25, 0.3) is 0 Å². The smallest absolute Gasteiger partial charge is 0.0844 e. The number of nitrogens with zero attached hydrogens (tertiary/aromatic N) is 1. The van der Waals surface area contributed by atoms with Crippen molar-refractivity contribution >= 4 is 0 Å². The van der Waals surface area contributed by atoms with Crippen LogP contribution in [0.1, 0.15) is 32.6 Å². The molecule has 0 radical (unpaired) electrons. The molecule has 11 heavy (non-hydrogen) atoms. The van der Waals surface area contributed by atoms with Gasteiger partial charge in [0.2, 0.25) is 0 Å². The predicted molar refractivity (Wildman–Crippen MR) is 37.9 cm³/mol. The fourth-order valence-corrected chi connectivity index (χ4v) is 1.47. The molecule has 0 atom stereocenters. The average Bonchev–Trinajstić information content (AvgIpc) is 1.93. The summed E-state index contributed by atoms with van der Waals surface area (Å²) < 4.78 is 0. The molecule has 4 heteroatoms. The van der Waals surface area contributed by atoms with Gasteiger partial charge < -0.3 is 0 Å². The molecular formula is C7H15NO3. The van der Waals surface area contributed by atoms with Gasteiger partial charge >= 0.3 is 0 Å². The summed E-state index contributed by atoms with van der Waals surface area (Å²) in [5.74, 6) is 0.751. The molecule has 0 unspecified atom stereocenters. The average molecular weight is 161 g/mol. The quantitative estimate of drug-likeness (QED) is 0.604. The standard InChI is InChI=1S/C7H15NO3/c1-6-2-4-7(5-3-6)11-8(9)10/h6-7,9-10H,2-5H2,1H3. The van der Waals surface area contributed by atoms with Crippen LogP contribution in [0.4, 0.5) is 0 Å². The summed E-state index contributed by atoms with van der Waals surface area (Å²) in [4.78, 5) is 4.68. The van der Waals surface area contributed by atoms with Crippen LogP contribution in [0.25, 0.3) is 0 Å². The highest BCUT2D eigenvalue weighted by molar-refractivity contribution is 4.68. The van der Waals surface area contributed by atoms with Crippen LogP contribution in [0, 0.1) is 5.92 Å². The monoisotopic (exact) mass is 161 g/mol. The molecule has 0 aromatic carbocycles. The van der Waals surface area contributed by atoms with Crippen LogP contribution < -0.4 is 0 Å². The van der Waals surface area contributed by atoms with Gasteiger partial charge in [0.1, 0.15) is 0 Å². The van der Waals surface area contributed by atoms with Crippen LogP contribution in [0.2, 0.25) is 0 Å². The minimum absolute atomic E-state index is 0.0128. The van der Waals surface area contributed by atoms with Crippen LogP contribution in [-0.2, 0) is 4.84 Å². The van der Waals surface area contributed by atoms with Crippen molar-refractivity contribution in [2.24, 2.45) is 5.92 Å². The fraction of sp³-hybridized carbons (Fsp3) is 1.00. The molecule has 1 rings (SSSR count). The van der Waals surface area contributed by atoms with E-state index in [1.165, 1.54) is 0 Å². The molecule has 0 aliphatic heterocycles. The molecule has 1 fully saturated rings. The summed E-state index contributed by atoms with van der Waals surface area (Å²) >= 11 is 0. The van der Waals surface area contributed by atoms with Gasteiger partial charge in [0.15, 0.2) is 0 Å². The van der Waals surface area contributed by atoms with Crippen molar-refractivity contribution < 1.29 is 15.3 Å². The highest BCUT2D eigenvalue weighted by Gasteiger charge is 2.20. The van der Waals surface area contributed by atoms with Gasteiger partial charge in [0, 0.05) is 0 Å². The summed E-state index contributed by atoms with van der Waals surface area (Å²) in [6.07, 6.45) is 4.04. The van der Waals surface area contributed by atoms with Crippen LogP contribution in [0.15, 0.2) is 0 Å². The maximum Gasteiger partial charge on any atom is 0.0844 e. The van der Waals surface area contributed by atoms with Crippen LogP contribution >= 0.6 is 0 Å². The summed E-state index contributed by atoms with van der Waals surface area (Å²) in [6.45, 7) is 2.20. The Labute approximate surface area is 66.2 Å². The first-order valence-electron chi connectivity index (χ1n) is 4.03. The van der Waals surface area contributed by atoms with Crippen molar-refractivity contribution in [1.29, 1.82) is 0 Å². The maximum atomic E-state index is 8.34. The van der Waals surface area contributed by atoms with Crippen molar-refractivity contribution in [1.82, 2.24) is 5.39 Å². The normalized spacial score (nSPS) is 32.7. The molecule has 1 aliphatic rings. The lowest BCUT2D eigenvalue weighted by atomic mass is 9.89. The van der Waals surface area contributed by atoms with Crippen molar-refractivity contribution in [3.8, 4) is 0 Å². The van der Waals surface area contributed by atoms with Crippen LogP contribution in [0.5, 0.6) is 0 Å². The first-order chi connectivity index (χ1) is 5.18. The van der Waals surface area contributed by atoms with E-state index < -0.39 is 0 Å². The van der Waals surface area contributed by atoms with Gasteiger partial charge in [0.05, 0.1) is 11.5 Å². The Hall–Kier alpha value is -0.160. The second-order valence-corrected chi connectivity index (χ2v) is 3.24. The molecule has 0 bridgehead atoms. The van der Waals surface area contributed by atoms with Gasteiger partial charge in [-0.3, -0.25) is 10.4 Å². The third kappa shape index (κ3) is 3.16. The summed E-state index contributed by atoms with van der Waals surface area (Å²) in [7, 11) is 0. The molecule has 4 nitrogen and oxygen atoms in total. The molecule has 2 N–H and O–H groups in total. The second-order valence-electron chi connectivity index (χ2n) is 3.24. The molecule has 1 saturated carbocycles. The first-order valence-corrected chi connectivity index (χ1v) is 4.03. The fourth-order valence-electron chi connectivity index (χ4n) is 1.47. The number of hydrogen-bond acceptors (Lipinski definition) is 4. The van der Waals surface area contributed by atoms with E-state index in [1.54, 1.807) is 0 Å². The predicted octanol–water partition coefficient (Wildman–Crippen LogP) is 1.58. The van der Waals surface area contributed by atoms with Gasteiger partial charge in [-0.2, -0.15) is 0 Å². The lowest BCUT2D eigenvalue weighted by molar-refractivity contribution is -0.506. The van der Waals surface area contributed by atoms with Gasteiger partial charge in [-0.15, -0.1) is 0 Å². The van der Waals surface area contributed by atoms with Crippen molar-refractivity contribution in [2.75, 3.05) is 0 Å². The number of hydrogen-bond donors (Lipinski definition) is 2. The highest BCUT2D eigenvalue weighted by Crippen LogP contribution is 2.25. The topological polar surface area (TPSA) is 52.9 Å². The highest BCUT2D eigenvalue weighted by atomic mass is 17.1. The molecule has 0 aromatic rings. The Morgan fingerprint density at radius 1 is 1.18 bits per heavy atom. The van der Waals surface area contributed by atoms with Gasteiger partial charge in [-0.1, -0.05) is 6.92 Å². The number of rotatable bonds is 2. The zero-order valence-corrected chi connectivity index (χ0v) is 6.73. The van der Waals surface area contributed by atoms with Crippen LogP contribution in [0.3, 0.4) is 0 Å². The zero-order chi connectivity index (χ0) is 8.27. The van der Waals surface area contributed by atoms with Crippen LogP contribution in [-0.4, -0.2) is 21.9 Å². The lowest BCUT2D eigenvalue weighted by Crippen LogP contribution is -2.27. The molecule has 0 saturated heterocycles. The molecule has 66 valence electrons. The Morgan fingerprint density at radius 2 is 1.73 bits per heavy atom. The van der Waals surface area contributed by atoms with E-state index in [2.05, 4.69) is 11.8 Å². The van der Waals surface area contributed by atoms with Gasteiger partial charge in [-0.25, -0.2) is 4.84 Å². The van der Waals surface area contributed by atoms with Crippen molar-refractivity contribution in [2.45, 2.75) is 38.7 Å². The minimum Gasteiger partial charge on any atom is -0.266 e. The molecule has 0 amide bonds. The summed E-state index contributed by atoms with van der Waals surface area (Å²) in [5, 5.41) is 16.5. The van der Waals surface area contributed by atoms with E-state index in [9.17, 15) is 0 Å². The summed E-state index contributed by atoms with van der Waals surface area (Å²) in [5.41, 5.74) is 0. The molecule has 0 aromatic heterocycles.